The molecular formula is C16H26N2O. The van der Waals surface area contributed by atoms with Crippen LogP contribution in [0.25, 0.3) is 0 Å². The highest BCUT2D eigenvalue weighted by Crippen LogP contribution is 2.31. The molecule has 0 spiro atoms. The van der Waals surface area contributed by atoms with Gasteiger partial charge in [0.25, 0.3) is 0 Å². The van der Waals surface area contributed by atoms with E-state index in [-0.39, 0.29) is 12.1 Å². The molecule has 2 rings (SSSR count). The molecule has 19 heavy (non-hydrogen) atoms. The van der Waals surface area contributed by atoms with Gasteiger partial charge in [-0.15, -0.1) is 0 Å². The molecule has 3 nitrogen and oxygen atoms in total. The number of likely N-dealkylation sites (N-methyl/N-ethyl adjacent to an activating group) is 2. The van der Waals surface area contributed by atoms with Crippen LogP contribution in [0.15, 0.2) is 24.3 Å². The summed E-state index contributed by atoms with van der Waals surface area (Å²) in [5.74, 6) is 0. The van der Waals surface area contributed by atoms with Crippen LogP contribution in [-0.4, -0.2) is 55.2 Å². The molecule has 0 amide bonds. The molecule has 1 aliphatic rings. The van der Waals surface area contributed by atoms with Gasteiger partial charge in [0.1, 0.15) is 0 Å². The molecule has 0 heterocycles. The second kappa shape index (κ2) is 6.51. The predicted molar refractivity (Wildman–Crippen MR) is 79.3 cm³/mol. The van der Waals surface area contributed by atoms with E-state index in [1.54, 1.807) is 0 Å². The number of aliphatic hydroxyl groups is 1. The smallest absolute Gasteiger partial charge is 0.0947 e. The third-order valence-electron chi connectivity index (χ3n) is 4.15. The molecule has 1 aromatic carbocycles. The van der Waals surface area contributed by atoms with E-state index < -0.39 is 0 Å². The molecule has 3 heteroatoms. The van der Waals surface area contributed by atoms with Gasteiger partial charge in [-0.25, -0.2) is 0 Å². The fourth-order valence-corrected chi connectivity index (χ4v) is 2.90. The third-order valence-corrected chi connectivity index (χ3v) is 4.15. The van der Waals surface area contributed by atoms with Crippen LogP contribution in [0.2, 0.25) is 0 Å². The number of fused-ring (bicyclic) bond motifs is 1. The van der Waals surface area contributed by atoms with Crippen LogP contribution in [0.5, 0.6) is 0 Å². The summed E-state index contributed by atoms with van der Waals surface area (Å²) in [6.07, 6.45) is 2.96. The molecule has 1 N–H and O–H groups in total. The largest absolute Gasteiger partial charge is 0.387 e. The summed E-state index contributed by atoms with van der Waals surface area (Å²) in [5, 5.41) is 10.7. The van der Waals surface area contributed by atoms with Gasteiger partial charge in [0, 0.05) is 19.1 Å². The van der Waals surface area contributed by atoms with Crippen molar-refractivity contribution in [2.24, 2.45) is 0 Å². The van der Waals surface area contributed by atoms with Crippen LogP contribution >= 0.6 is 0 Å². The summed E-state index contributed by atoms with van der Waals surface area (Å²) in [6, 6.07) is 8.58. The first kappa shape index (κ1) is 14.5. The second-order valence-electron chi connectivity index (χ2n) is 5.89. The summed E-state index contributed by atoms with van der Waals surface area (Å²) in [5.41, 5.74) is 2.44. The Kier molecular flexibility index (Phi) is 4.97. The minimum absolute atomic E-state index is 0.239. The van der Waals surface area contributed by atoms with Crippen molar-refractivity contribution in [1.82, 2.24) is 9.80 Å². The van der Waals surface area contributed by atoms with Gasteiger partial charge in [-0.3, -0.25) is 4.90 Å². The Labute approximate surface area is 116 Å². The van der Waals surface area contributed by atoms with Crippen molar-refractivity contribution >= 4 is 0 Å². The number of benzene rings is 1. The van der Waals surface area contributed by atoms with Gasteiger partial charge in [0.05, 0.1) is 6.10 Å². The number of hydrogen-bond acceptors (Lipinski definition) is 3. The topological polar surface area (TPSA) is 26.7 Å². The van der Waals surface area contributed by atoms with Crippen LogP contribution < -0.4 is 0 Å². The van der Waals surface area contributed by atoms with E-state index >= 15 is 0 Å². The number of aryl methyl sites for hydroxylation is 1. The minimum Gasteiger partial charge on any atom is -0.387 e. The Morgan fingerprint density at radius 1 is 1.16 bits per heavy atom. The van der Waals surface area contributed by atoms with Gasteiger partial charge in [0.2, 0.25) is 0 Å². The average molecular weight is 262 g/mol. The van der Waals surface area contributed by atoms with E-state index in [1.807, 2.05) is 6.07 Å². The molecule has 1 aromatic rings. The van der Waals surface area contributed by atoms with Gasteiger partial charge in [0.15, 0.2) is 0 Å². The molecule has 106 valence electrons. The molecule has 0 bridgehead atoms. The van der Waals surface area contributed by atoms with Crippen molar-refractivity contribution < 1.29 is 5.11 Å². The normalized spacial score (nSPS) is 23.5. The van der Waals surface area contributed by atoms with Gasteiger partial charge in [-0.2, -0.15) is 0 Å². The Bertz CT molecular complexity index is 405. The summed E-state index contributed by atoms with van der Waals surface area (Å²) < 4.78 is 0. The standard InChI is InChI=1S/C16H26N2O/c1-17(2)11-12-18(3)15-10-6-8-13-7-4-5-9-14(13)16(15)19/h4-5,7,9,15-16,19H,6,8,10-12H2,1-3H3. The van der Waals surface area contributed by atoms with E-state index in [2.05, 4.69) is 49.1 Å². The molecular weight excluding hydrogens is 236 g/mol. The van der Waals surface area contributed by atoms with Crippen LogP contribution in [0, 0.1) is 0 Å². The molecule has 0 aliphatic heterocycles. The lowest BCUT2D eigenvalue weighted by atomic mass is 9.98. The van der Waals surface area contributed by atoms with Crippen LogP contribution in [-0.2, 0) is 6.42 Å². The first-order chi connectivity index (χ1) is 9.09. The molecule has 1 aliphatic carbocycles. The average Bonchev–Trinajstić information content (AvgIpc) is 2.56. The summed E-state index contributed by atoms with van der Waals surface area (Å²) >= 11 is 0. The number of rotatable bonds is 4. The first-order valence-electron chi connectivity index (χ1n) is 7.20. The maximum atomic E-state index is 10.7. The Morgan fingerprint density at radius 3 is 2.63 bits per heavy atom. The van der Waals surface area contributed by atoms with Gasteiger partial charge < -0.3 is 10.0 Å². The van der Waals surface area contributed by atoms with E-state index in [4.69, 9.17) is 0 Å². The SMILES string of the molecule is CN(C)CCN(C)C1CCCc2ccccc2C1O. The fourth-order valence-electron chi connectivity index (χ4n) is 2.90. The zero-order chi connectivity index (χ0) is 13.8. The van der Waals surface area contributed by atoms with E-state index in [0.29, 0.717) is 0 Å². The highest BCUT2D eigenvalue weighted by Gasteiger charge is 2.28. The summed E-state index contributed by atoms with van der Waals surface area (Å²) in [6.45, 7) is 2.03. The zero-order valence-electron chi connectivity index (χ0n) is 12.3. The number of hydrogen-bond donors (Lipinski definition) is 1. The van der Waals surface area contributed by atoms with Crippen molar-refractivity contribution in [3.05, 3.63) is 35.4 Å². The van der Waals surface area contributed by atoms with Crippen molar-refractivity contribution in [3.8, 4) is 0 Å². The van der Waals surface area contributed by atoms with Gasteiger partial charge in [-0.1, -0.05) is 24.3 Å². The van der Waals surface area contributed by atoms with E-state index in [9.17, 15) is 5.11 Å². The molecule has 0 saturated carbocycles. The zero-order valence-corrected chi connectivity index (χ0v) is 12.3. The number of nitrogens with zero attached hydrogens (tertiary/aromatic N) is 2. The fraction of sp³-hybridized carbons (Fsp3) is 0.625. The lowest BCUT2D eigenvalue weighted by molar-refractivity contribution is 0.0562. The summed E-state index contributed by atoms with van der Waals surface area (Å²) in [4.78, 5) is 4.50. The molecule has 0 radical (unpaired) electrons. The van der Waals surface area contributed by atoms with Crippen molar-refractivity contribution in [2.75, 3.05) is 34.2 Å². The predicted octanol–water partition coefficient (Wildman–Crippen LogP) is 1.92. The highest BCUT2D eigenvalue weighted by atomic mass is 16.3. The molecule has 2 unspecified atom stereocenters. The minimum atomic E-state index is -0.356. The Hall–Kier alpha value is -0.900. The van der Waals surface area contributed by atoms with E-state index in [0.717, 1.165) is 37.9 Å². The number of aliphatic hydroxyl groups excluding tert-OH is 1. The quantitative estimate of drug-likeness (QED) is 0.840. The summed E-state index contributed by atoms with van der Waals surface area (Å²) in [7, 11) is 6.31. The maximum Gasteiger partial charge on any atom is 0.0947 e. The van der Waals surface area contributed by atoms with Crippen molar-refractivity contribution in [2.45, 2.75) is 31.4 Å². The monoisotopic (exact) mass is 262 g/mol. The maximum absolute atomic E-state index is 10.7. The highest BCUT2D eigenvalue weighted by molar-refractivity contribution is 5.31. The first-order valence-corrected chi connectivity index (χ1v) is 7.20. The Morgan fingerprint density at radius 2 is 1.89 bits per heavy atom. The molecule has 0 saturated heterocycles. The van der Waals surface area contributed by atoms with Crippen molar-refractivity contribution in [3.63, 3.8) is 0 Å². The Balaban J connectivity index is 2.10. The van der Waals surface area contributed by atoms with E-state index in [1.165, 1.54) is 5.56 Å². The van der Waals surface area contributed by atoms with Crippen LogP contribution in [0.1, 0.15) is 30.1 Å². The van der Waals surface area contributed by atoms with Crippen LogP contribution in [0.3, 0.4) is 0 Å². The second-order valence-corrected chi connectivity index (χ2v) is 5.89. The lowest BCUT2D eigenvalue weighted by Gasteiger charge is -2.32. The lowest BCUT2D eigenvalue weighted by Crippen LogP contribution is -2.40. The van der Waals surface area contributed by atoms with Crippen LogP contribution in [0.4, 0.5) is 0 Å². The molecule has 0 fully saturated rings. The van der Waals surface area contributed by atoms with Gasteiger partial charge >= 0.3 is 0 Å². The van der Waals surface area contributed by atoms with Crippen molar-refractivity contribution in [1.29, 1.82) is 0 Å². The van der Waals surface area contributed by atoms with Gasteiger partial charge in [-0.05, 0) is 51.5 Å². The third kappa shape index (κ3) is 3.56. The molecule has 0 aromatic heterocycles. The molecule has 2 atom stereocenters.